The highest BCUT2D eigenvalue weighted by Crippen LogP contribution is 2.00. The van der Waals surface area contributed by atoms with Crippen molar-refractivity contribution in [1.82, 2.24) is 0 Å². The molecule has 0 rings (SSSR count). The minimum Gasteiger partial charge on any atom is -0.457 e. The van der Waals surface area contributed by atoms with Crippen LogP contribution in [0, 0.1) is 10.1 Å². The highest BCUT2D eigenvalue weighted by molar-refractivity contribution is 6.36. The summed E-state index contributed by atoms with van der Waals surface area (Å²) in [5.41, 5.74) is -0.134. The van der Waals surface area contributed by atoms with Crippen LogP contribution >= 0.6 is 0 Å². The zero-order valence-electron chi connectivity index (χ0n) is 8.79. The number of carbonyl (C=O) groups excluding carboxylic acids is 1. The van der Waals surface area contributed by atoms with Crippen molar-refractivity contribution >= 4 is 11.7 Å². The van der Waals surface area contributed by atoms with Gasteiger partial charge in [-0.2, -0.15) is 0 Å². The zero-order chi connectivity index (χ0) is 12.4. The molecule has 90 valence electrons. The Balaban J connectivity index is 3.88. The summed E-state index contributed by atoms with van der Waals surface area (Å²) in [5, 5.41) is 21.3. The summed E-state index contributed by atoms with van der Waals surface area (Å²) < 4.78 is 4.64. The Hall–Kier alpha value is -1.92. The van der Waals surface area contributed by atoms with Gasteiger partial charge < -0.3 is 9.94 Å². The second-order valence-corrected chi connectivity index (χ2v) is 2.95. The van der Waals surface area contributed by atoms with Crippen molar-refractivity contribution < 1.29 is 19.7 Å². The number of carbonyl (C=O) groups is 1. The van der Waals surface area contributed by atoms with Gasteiger partial charge in [0.2, 0.25) is 6.54 Å². The summed E-state index contributed by atoms with van der Waals surface area (Å²) in [7, 11) is 0. The van der Waals surface area contributed by atoms with Crippen molar-refractivity contribution in [3.63, 3.8) is 0 Å². The SMILES string of the molecule is C=CCOC(=O)C(CCCC[N+](=O)[O-])=NO. The average molecular weight is 230 g/mol. The molecule has 0 aromatic carbocycles. The number of nitro groups is 1. The van der Waals surface area contributed by atoms with E-state index in [0.717, 1.165) is 0 Å². The van der Waals surface area contributed by atoms with Gasteiger partial charge >= 0.3 is 5.97 Å². The van der Waals surface area contributed by atoms with Crippen molar-refractivity contribution in [3.05, 3.63) is 22.8 Å². The molecule has 0 atom stereocenters. The molecule has 0 aliphatic heterocycles. The van der Waals surface area contributed by atoms with E-state index in [-0.39, 0.29) is 25.3 Å². The predicted molar refractivity (Wildman–Crippen MR) is 56.1 cm³/mol. The smallest absolute Gasteiger partial charge is 0.356 e. The lowest BCUT2D eigenvalue weighted by Gasteiger charge is -2.02. The molecule has 16 heavy (non-hydrogen) atoms. The van der Waals surface area contributed by atoms with Gasteiger partial charge in [0.1, 0.15) is 6.61 Å². The third-order valence-electron chi connectivity index (χ3n) is 1.69. The number of hydrogen-bond acceptors (Lipinski definition) is 6. The number of hydrogen-bond donors (Lipinski definition) is 1. The van der Waals surface area contributed by atoms with Gasteiger partial charge in [-0.25, -0.2) is 4.79 Å². The van der Waals surface area contributed by atoms with Crippen molar-refractivity contribution in [2.24, 2.45) is 5.16 Å². The van der Waals surface area contributed by atoms with Crippen LogP contribution in [0.2, 0.25) is 0 Å². The lowest BCUT2D eigenvalue weighted by molar-refractivity contribution is -0.480. The first-order valence-corrected chi connectivity index (χ1v) is 4.72. The number of ether oxygens (including phenoxy) is 1. The lowest BCUT2D eigenvalue weighted by atomic mass is 10.1. The maximum absolute atomic E-state index is 11.2. The maximum Gasteiger partial charge on any atom is 0.356 e. The molecule has 0 saturated carbocycles. The molecule has 0 heterocycles. The zero-order valence-corrected chi connectivity index (χ0v) is 8.79. The summed E-state index contributed by atoms with van der Waals surface area (Å²) in [4.78, 5) is 20.7. The highest BCUT2D eigenvalue weighted by atomic mass is 16.6. The van der Waals surface area contributed by atoms with Crippen LogP contribution in [0.15, 0.2) is 17.8 Å². The van der Waals surface area contributed by atoms with Crippen LogP contribution < -0.4 is 0 Å². The predicted octanol–water partition coefficient (Wildman–Crippen LogP) is 0.993. The molecule has 1 N–H and O–H groups in total. The molecule has 0 aliphatic carbocycles. The standard InChI is InChI=1S/C9H14N2O5/c1-2-7-16-9(12)8(10-13)5-3-4-6-11(14)15/h2,13H,1,3-7H2. The van der Waals surface area contributed by atoms with E-state index in [1.54, 1.807) is 0 Å². The van der Waals surface area contributed by atoms with E-state index in [4.69, 9.17) is 5.21 Å². The summed E-state index contributed by atoms with van der Waals surface area (Å²) >= 11 is 0. The van der Waals surface area contributed by atoms with Crippen molar-refractivity contribution in [3.8, 4) is 0 Å². The van der Waals surface area contributed by atoms with Crippen LogP contribution in [0.1, 0.15) is 19.3 Å². The number of rotatable bonds is 8. The molecule has 0 saturated heterocycles. The van der Waals surface area contributed by atoms with E-state index in [1.165, 1.54) is 6.08 Å². The first kappa shape index (κ1) is 14.1. The lowest BCUT2D eigenvalue weighted by Crippen LogP contribution is -2.18. The Morgan fingerprint density at radius 1 is 1.56 bits per heavy atom. The molecule has 0 amide bonds. The molecule has 7 heteroatoms. The Kier molecular flexibility index (Phi) is 7.39. The molecule has 0 fully saturated rings. The topological polar surface area (TPSA) is 102 Å². The fraction of sp³-hybridized carbons (Fsp3) is 0.556. The Labute approximate surface area is 92.5 Å². The molecular weight excluding hydrogens is 216 g/mol. The molecule has 0 aliphatic rings. The quantitative estimate of drug-likeness (QED) is 0.127. The first-order valence-electron chi connectivity index (χ1n) is 4.72. The van der Waals surface area contributed by atoms with Gasteiger partial charge in [0.15, 0.2) is 5.71 Å². The van der Waals surface area contributed by atoms with Crippen LogP contribution in [0.25, 0.3) is 0 Å². The largest absolute Gasteiger partial charge is 0.457 e. The Morgan fingerprint density at radius 2 is 2.25 bits per heavy atom. The molecule has 0 aromatic heterocycles. The number of nitrogens with zero attached hydrogens (tertiary/aromatic N) is 2. The maximum atomic E-state index is 11.2. The monoisotopic (exact) mass is 230 g/mol. The Bertz CT molecular complexity index is 288. The van der Waals surface area contributed by atoms with Crippen molar-refractivity contribution in [1.29, 1.82) is 0 Å². The average Bonchev–Trinajstić information content (AvgIpc) is 2.25. The van der Waals surface area contributed by atoms with Crippen LogP contribution in [-0.2, 0) is 9.53 Å². The number of oxime groups is 1. The molecule has 7 nitrogen and oxygen atoms in total. The second-order valence-electron chi connectivity index (χ2n) is 2.95. The van der Waals surface area contributed by atoms with Gasteiger partial charge in [-0.05, 0) is 6.42 Å². The number of esters is 1. The Morgan fingerprint density at radius 3 is 2.75 bits per heavy atom. The third kappa shape index (κ3) is 6.52. The van der Waals surface area contributed by atoms with E-state index in [9.17, 15) is 14.9 Å². The summed E-state index contributed by atoms with van der Waals surface area (Å²) in [6, 6.07) is 0. The molecule has 0 aromatic rings. The molecule has 0 spiro atoms. The van der Waals surface area contributed by atoms with E-state index in [2.05, 4.69) is 16.5 Å². The minimum absolute atomic E-state index is 0.0345. The van der Waals surface area contributed by atoms with E-state index in [1.807, 2.05) is 0 Å². The van der Waals surface area contributed by atoms with Gasteiger partial charge in [-0.1, -0.05) is 17.8 Å². The van der Waals surface area contributed by atoms with Gasteiger partial charge in [0, 0.05) is 17.8 Å². The molecule has 0 radical (unpaired) electrons. The fourth-order valence-corrected chi connectivity index (χ4v) is 0.944. The first-order chi connectivity index (χ1) is 7.61. The van der Waals surface area contributed by atoms with Crippen LogP contribution in [0.3, 0.4) is 0 Å². The summed E-state index contributed by atoms with van der Waals surface area (Å²) in [6.07, 6.45) is 2.25. The van der Waals surface area contributed by atoms with Crippen molar-refractivity contribution in [2.45, 2.75) is 19.3 Å². The molecule has 0 unspecified atom stereocenters. The van der Waals surface area contributed by atoms with Gasteiger partial charge in [-0.15, -0.1) is 0 Å². The normalized spacial score (nSPS) is 10.9. The van der Waals surface area contributed by atoms with Gasteiger partial charge in [0.25, 0.3) is 0 Å². The number of unbranched alkanes of at least 4 members (excludes halogenated alkanes) is 1. The molecule has 0 bridgehead atoms. The fourth-order valence-electron chi connectivity index (χ4n) is 0.944. The van der Waals surface area contributed by atoms with E-state index < -0.39 is 10.9 Å². The third-order valence-corrected chi connectivity index (χ3v) is 1.69. The van der Waals surface area contributed by atoms with Crippen LogP contribution in [-0.4, -0.2) is 35.0 Å². The van der Waals surface area contributed by atoms with Crippen molar-refractivity contribution in [2.75, 3.05) is 13.2 Å². The van der Waals surface area contributed by atoms with Crippen LogP contribution in [0.5, 0.6) is 0 Å². The van der Waals surface area contributed by atoms with E-state index in [0.29, 0.717) is 12.8 Å². The highest BCUT2D eigenvalue weighted by Gasteiger charge is 2.13. The van der Waals surface area contributed by atoms with Gasteiger partial charge in [-0.3, -0.25) is 10.1 Å². The van der Waals surface area contributed by atoms with Gasteiger partial charge in [0.05, 0.1) is 0 Å². The van der Waals surface area contributed by atoms with Crippen LogP contribution in [0.4, 0.5) is 0 Å². The second kappa shape index (κ2) is 8.39. The minimum atomic E-state index is -0.733. The van der Waals surface area contributed by atoms with E-state index >= 15 is 0 Å². The summed E-state index contributed by atoms with van der Waals surface area (Å²) in [5.74, 6) is -0.733. The molecular formula is C9H14N2O5. The summed E-state index contributed by atoms with van der Waals surface area (Å²) in [6.45, 7) is 3.23.